The zero-order valence-electron chi connectivity index (χ0n) is 14.9. The summed E-state index contributed by atoms with van der Waals surface area (Å²) in [5, 5.41) is 0. The fraction of sp³-hybridized carbons (Fsp3) is 0.474. The minimum Gasteiger partial charge on any atom is -0.458 e. The number of nitrogens with one attached hydrogen (secondary N) is 1. The number of ether oxygens (including phenoxy) is 2. The second-order valence-electron chi connectivity index (χ2n) is 7.15. The van der Waals surface area contributed by atoms with E-state index in [2.05, 4.69) is 16.9 Å². The molecule has 4 rings (SSSR count). The highest BCUT2D eigenvalue weighted by Gasteiger charge is 2.48. The van der Waals surface area contributed by atoms with Crippen molar-refractivity contribution in [1.82, 2.24) is 14.5 Å². The van der Waals surface area contributed by atoms with Gasteiger partial charge in [0, 0.05) is 44.7 Å². The lowest BCUT2D eigenvalue weighted by Crippen LogP contribution is -2.46. The number of likely N-dealkylation sites (N-methyl/N-ethyl adjacent to an activating group) is 1. The molecule has 2 aromatic heterocycles. The molecule has 4 heterocycles. The number of aromatic nitrogens is 2. The Morgan fingerprint density at radius 2 is 1.92 bits per heavy atom. The lowest BCUT2D eigenvalue weighted by molar-refractivity contribution is -0.0157. The number of hydrogen-bond donors (Lipinski definition) is 1. The predicted molar refractivity (Wildman–Crippen MR) is 93.8 cm³/mol. The number of hydrogen-bond acceptors (Lipinski definition) is 5. The number of piperidine rings is 1. The molecule has 0 aliphatic carbocycles. The molecule has 2 saturated heterocycles. The number of H-pyrrole nitrogens is 1. The quantitative estimate of drug-likeness (QED) is 0.847. The van der Waals surface area contributed by atoms with Gasteiger partial charge in [-0.25, -0.2) is 9.59 Å². The van der Waals surface area contributed by atoms with Crippen LogP contribution in [0.1, 0.15) is 40.2 Å². The third-order valence-electron chi connectivity index (χ3n) is 5.57. The predicted octanol–water partition coefficient (Wildman–Crippen LogP) is 1.97. The summed E-state index contributed by atoms with van der Waals surface area (Å²) in [5.74, 6) is -0.635. The van der Waals surface area contributed by atoms with Gasteiger partial charge in [0.1, 0.15) is 23.6 Å². The number of nitrogens with zero attached hydrogens (tertiary/aromatic N) is 2. The second kappa shape index (κ2) is 6.64. The van der Waals surface area contributed by atoms with E-state index in [1.165, 1.54) is 0 Å². The molecule has 1 N–H and O–H groups in total. The van der Waals surface area contributed by atoms with Crippen molar-refractivity contribution >= 4 is 11.9 Å². The van der Waals surface area contributed by atoms with Gasteiger partial charge < -0.3 is 19.0 Å². The van der Waals surface area contributed by atoms with Gasteiger partial charge in [-0.1, -0.05) is 0 Å². The zero-order valence-corrected chi connectivity index (χ0v) is 14.9. The van der Waals surface area contributed by atoms with Crippen LogP contribution in [-0.4, -0.2) is 57.7 Å². The van der Waals surface area contributed by atoms with Crippen molar-refractivity contribution in [1.29, 1.82) is 0 Å². The molecule has 7 heteroatoms. The minimum atomic E-state index is -0.332. The van der Waals surface area contributed by atoms with Gasteiger partial charge in [-0.2, -0.15) is 0 Å². The summed E-state index contributed by atoms with van der Waals surface area (Å²) in [6, 6.07) is 7.38. The largest absolute Gasteiger partial charge is 0.458 e. The molecule has 2 aliphatic heterocycles. The molecule has 0 unspecified atom stereocenters. The van der Waals surface area contributed by atoms with Crippen LogP contribution in [0.4, 0.5) is 0 Å². The first-order chi connectivity index (χ1) is 12.5. The van der Waals surface area contributed by atoms with E-state index < -0.39 is 0 Å². The van der Waals surface area contributed by atoms with Crippen molar-refractivity contribution < 1.29 is 19.1 Å². The number of rotatable bonds is 4. The topological polar surface area (TPSA) is 76.6 Å². The third kappa shape index (κ3) is 3.03. The van der Waals surface area contributed by atoms with Crippen LogP contribution < -0.4 is 0 Å². The lowest BCUT2D eigenvalue weighted by Gasteiger charge is -2.36. The van der Waals surface area contributed by atoms with Crippen molar-refractivity contribution in [3.63, 3.8) is 0 Å². The van der Waals surface area contributed by atoms with Crippen LogP contribution in [0, 0.1) is 0 Å². The van der Waals surface area contributed by atoms with Crippen molar-refractivity contribution in [2.24, 2.45) is 7.05 Å². The normalized spacial score (nSPS) is 28.1. The minimum absolute atomic E-state index is 0.0689. The van der Waals surface area contributed by atoms with Crippen molar-refractivity contribution in [3.05, 3.63) is 48.0 Å². The van der Waals surface area contributed by atoms with Crippen LogP contribution in [0.25, 0.3) is 0 Å². The fourth-order valence-corrected chi connectivity index (χ4v) is 4.14. The smallest absolute Gasteiger partial charge is 0.355 e. The summed E-state index contributed by atoms with van der Waals surface area (Å²) in [7, 11) is 3.88. The summed E-state index contributed by atoms with van der Waals surface area (Å²) >= 11 is 0. The molecule has 0 saturated carbocycles. The molecule has 0 amide bonds. The maximum absolute atomic E-state index is 12.4. The molecule has 2 bridgehead atoms. The van der Waals surface area contributed by atoms with E-state index in [0.29, 0.717) is 17.8 Å². The van der Waals surface area contributed by atoms with E-state index in [1.54, 1.807) is 29.0 Å². The molecule has 2 aromatic rings. The van der Waals surface area contributed by atoms with E-state index in [4.69, 9.17) is 9.47 Å². The number of carbonyl (C=O) groups is 2. The molecule has 138 valence electrons. The Hall–Kier alpha value is -2.54. The third-order valence-corrected chi connectivity index (χ3v) is 5.57. The molecule has 0 spiro atoms. The summed E-state index contributed by atoms with van der Waals surface area (Å²) in [6.07, 6.45) is 5.40. The van der Waals surface area contributed by atoms with E-state index in [0.717, 1.165) is 12.8 Å². The van der Waals surface area contributed by atoms with Gasteiger partial charge in [0.15, 0.2) is 0 Å². The first-order valence-corrected chi connectivity index (χ1v) is 8.91. The van der Waals surface area contributed by atoms with Crippen molar-refractivity contribution in [3.8, 4) is 0 Å². The maximum atomic E-state index is 12.4. The second-order valence-corrected chi connectivity index (χ2v) is 7.15. The van der Waals surface area contributed by atoms with Crippen LogP contribution in [0.15, 0.2) is 36.7 Å². The first-order valence-electron chi connectivity index (χ1n) is 8.91. The van der Waals surface area contributed by atoms with E-state index >= 15 is 0 Å². The summed E-state index contributed by atoms with van der Waals surface area (Å²) in [6.45, 7) is 0. The van der Waals surface area contributed by atoms with Crippen LogP contribution in [0.5, 0.6) is 0 Å². The Labute approximate surface area is 151 Å². The fourth-order valence-electron chi connectivity index (χ4n) is 4.14. The van der Waals surface area contributed by atoms with Gasteiger partial charge >= 0.3 is 11.9 Å². The van der Waals surface area contributed by atoms with E-state index in [-0.39, 0.29) is 36.2 Å². The number of esters is 2. The van der Waals surface area contributed by atoms with Gasteiger partial charge in [0.2, 0.25) is 0 Å². The Balaban J connectivity index is 1.41. The van der Waals surface area contributed by atoms with Gasteiger partial charge in [0.05, 0.1) is 6.04 Å². The number of fused-ring (bicyclic) bond motifs is 2. The highest BCUT2D eigenvalue weighted by molar-refractivity contribution is 5.88. The molecule has 26 heavy (non-hydrogen) atoms. The monoisotopic (exact) mass is 357 g/mol. The number of aryl methyl sites for hydroxylation is 1. The number of aromatic amines is 1. The van der Waals surface area contributed by atoms with Crippen molar-refractivity contribution in [2.45, 2.75) is 43.6 Å². The van der Waals surface area contributed by atoms with Gasteiger partial charge in [-0.15, -0.1) is 0 Å². The molecule has 2 aliphatic rings. The Morgan fingerprint density at radius 3 is 2.62 bits per heavy atom. The molecular weight excluding hydrogens is 334 g/mol. The summed E-state index contributed by atoms with van der Waals surface area (Å²) in [5.41, 5.74) is 1.01. The molecule has 4 atom stereocenters. The Kier molecular flexibility index (Phi) is 4.32. The molecule has 2 fully saturated rings. The summed E-state index contributed by atoms with van der Waals surface area (Å²) < 4.78 is 13.2. The van der Waals surface area contributed by atoms with E-state index in [9.17, 15) is 9.59 Å². The van der Waals surface area contributed by atoms with Gasteiger partial charge in [-0.3, -0.25) is 4.90 Å². The zero-order chi connectivity index (χ0) is 18.3. The number of carbonyl (C=O) groups excluding carboxylic acids is 2. The molecule has 0 radical (unpaired) electrons. The molecule has 0 aromatic carbocycles. The first kappa shape index (κ1) is 16.9. The van der Waals surface area contributed by atoms with Crippen LogP contribution in [0.2, 0.25) is 0 Å². The highest BCUT2D eigenvalue weighted by atomic mass is 16.6. The maximum Gasteiger partial charge on any atom is 0.355 e. The standard InChI is InChI=1S/C19H23N3O4/c1-21-8-4-6-15(21)19(24)26-17-10-12-9-13(11-16(17)22(12)2)25-18(23)14-5-3-7-20-14/h3-8,12-13,16-17,20H,9-11H2,1-2H3/t12-,13-,16+,17-/m1/s1. The van der Waals surface area contributed by atoms with Crippen molar-refractivity contribution in [2.75, 3.05) is 7.05 Å². The van der Waals surface area contributed by atoms with Crippen LogP contribution in [-0.2, 0) is 16.5 Å². The average molecular weight is 357 g/mol. The molecule has 7 nitrogen and oxygen atoms in total. The Morgan fingerprint density at radius 1 is 1.08 bits per heavy atom. The van der Waals surface area contributed by atoms with Gasteiger partial charge in [0.25, 0.3) is 0 Å². The lowest BCUT2D eigenvalue weighted by atomic mass is 10.00. The average Bonchev–Trinajstić information content (AvgIpc) is 3.30. The molecular formula is C19H23N3O4. The van der Waals surface area contributed by atoms with Gasteiger partial charge in [-0.05, 0) is 31.3 Å². The van der Waals surface area contributed by atoms with Crippen LogP contribution in [0.3, 0.4) is 0 Å². The highest BCUT2D eigenvalue weighted by Crippen LogP contribution is 2.38. The Bertz CT molecular complexity index is 798. The SMILES string of the molecule is CN1[C@@H]2C[C@@H](OC(=O)c3ccc[nH]3)C[C@H]1[C@H](OC(=O)c1cccn1C)C2. The summed E-state index contributed by atoms with van der Waals surface area (Å²) in [4.78, 5) is 29.8. The van der Waals surface area contributed by atoms with Crippen LogP contribution >= 0.6 is 0 Å². The van der Waals surface area contributed by atoms with E-state index in [1.807, 2.05) is 19.3 Å².